The van der Waals surface area contributed by atoms with Crippen molar-refractivity contribution in [2.75, 3.05) is 13.2 Å². The number of Topliss-reactive ketones (excluding diaryl/α,β-unsaturated/α-hetero) is 1. The quantitative estimate of drug-likeness (QED) is 0.329. The van der Waals surface area contributed by atoms with Crippen LogP contribution in [0.5, 0.6) is 11.5 Å². The molecule has 2 aliphatic heterocycles. The molecule has 2 aromatic carbocycles. The number of furan rings is 1. The van der Waals surface area contributed by atoms with Crippen LogP contribution in [0, 0.1) is 0 Å². The normalized spacial score (nSPS) is 19.1. The fourth-order valence-electron chi connectivity index (χ4n) is 4.54. The summed E-state index contributed by atoms with van der Waals surface area (Å²) < 4.78 is 16.6. The van der Waals surface area contributed by atoms with Crippen LogP contribution in [0.4, 0.5) is 0 Å². The first-order valence-electron chi connectivity index (χ1n) is 11.4. The van der Waals surface area contributed by atoms with Crippen LogP contribution in [0.1, 0.15) is 41.8 Å². The maximum atomic E-state index is 13.2. The molecular weight excluding hydrogens is 434 g/mol. The SMILES string of the molecule is CCOc1ccc(C2/C(=C(/O)c3ccc4c(c3)CCCO4)C(=O)C(=O)N2Cc2ccco2)cc1. The number of aliphatic hydroxyl groups excluding tert-OH is 1. The maximum absolute atomic E-state index is 13.2. The van der Waals surface area contributed by atoms with Crippen LogP contribution in [0.3, 0.4) is 0 Å². The van der Waals surface area contributed by atoms with E-state index in [2.05, 4.69) is 0 Å². The highest BCUT2D eigenvalue weighted by molar-refractivity contribution is 6.46. The number of benzene rings is 2. The third-order valence-electron chi connectivity index (χ3n) is 6.14. The Kier molecular flexibility index (Phi) is 5.84. The van der Waals surface area contributed by atoms with E-state index in [0.717, 1.165) is 24.2 Å². The summed E-state index contributed by atoms with van der Waals surface area (Å²) in [5.74, 6) is 0.402. The van der Waals surface area contributed by atoms with Gasteiger partial charge in [0.1, 0.15) is 23.0 Å². The molecule has 1 aromatic heterocycles. The lowest BCUT2D eigenvalue weighted by Crippen LogP contribution is -2.29. The number of likely N-dealkylation sites (tertiary alicyclic amines) is 1. The number of hydrogen-bond donors (Lipinski definition) is 1. The molecular formula is C27H25NO6. The number of carbonyl (C=O) groups excluding carboxylic acids is 2. The molecule has 0 spiro atoms. The van der Waals surface area contributed by atoms with Crippen LogP contribution in [0.25, 0.3) is 5.76 Å². The number of aliphatic hydroxyl groups is 1. The number of hydrogen-bond acceptors (Lipinski definition) is 6. The number of aryl methyl sites for hydroxylation is 1. The average molecular weight is 459 g/mol. The molecule has 1 fully saturated rings. The second-order valence-electron chi connectivity index (χ2n) is 8.28. The van der Waals surface area contributed by atoms with Gasteiger partial charge >= 0.3 is 0 Å². The fraction of sp³-hybridized carbons (Fsp3) is 0.259. The van der Waals surface area contributed by atoms with Gasteiger partial charge in [-0.3, -0.25) is 9.59 Å². The number of ether oxygens (including phenoxy) is 2. The second-order valence-corrected chi connectivity index (χ2v) is 8.28. The highest BCUT2D eigenvalue weighted by Crippen LogP contribution is 2.41. The van der Waals surface area contributed by atoms with Gasteiger partial charge < -0.3 is 23.9 Å². The van der Waals surface area contributed by atoms with E-state index >= 15 is 0 Å². The van der Waals surface area contributed by atoms with Crippen molar-refractivity contribution in [2.24, 2.45) is 0 Å². The van der Waals surface area contributed by atoms with Crippen molar-refractivity contribution in [1.82, 2.24) is 4.90 Å². The Labute approximate surface area is 197 Å². The summed E-state index contributed by atoms with van der Waals surface area (Å²) >= 11 is 0. The number of ketones is 1. The Hall–Kier alpha value is -4.00. The molecule has 3 aromatic rings. The third kappa shape index (κ3) is 3.94. The summed E-state index contributed by atoms with van der Waals surface area (Å²) in [6.45, 7) is 3.19. The monoisotopic (exact) mass is 459 g/mol. The Morgan fingerprint density at radius 1 is 1.15 bits per heavy atom. The van der Waals surface area contributed by atoms with Crippen LogP contribution in [0.15, 0.2) is 70.9 Å². The number of fused-ring (bicyclic) bond motifs is 1. The number of nitrogens with zero attached hydrogens (tertiary/aromatic N) is 1. The Morgan fingerprint density at radius 2 is 1.97 bits per heavy atom. The molecule has 0 radical (unpaired) electrons. The lowest BCUT2D eigenvalue weighted by Gasteiger charge is -2.25. The number of carbonyl (C=O) groups is 2. The van der Waals surface area contributed by atoms with E-state index in [1.807, 2.05) is 25.1 Å². The molecule has 174 valence electrons. The lowest BCUT2D eigenvalue weighted by atomic mass is 9.94. The smallest absolute Gasteiger partial charge is 0.296 e. The van der Waals surface area contributed by atoms with Crippen molar-refractivity contribution in [3.8, 4) is 11.5 Å². The fourth-order valence-corrected chi connectivity index (χ4v) is 4.54. The molecule has 7 heteroatoms. The van der Waals surface area contributed by atoms with Gasteiger partial charge in [-0.05, 0) is 73.4 Å². The van der Waals surface area contributed by atoms with Gasteiger partial charge in [-0.25, -0.2) is 0 Å². The van der Waals surface area contributed by atoms with Crippen molar-refractivity contribution >= 4 is 17.4 Å². The van der Waals surface area contributed by atoms with Gasteiger partial charge in [-0.2, -0.15) is 0 Å². The predicted molar refractivity (Wildman–Crippen MR) is 124 cm³/mol. The summed E-state index contributed by atoms with van der Waals surface area (Å²) in [6, 6.07) is 15.3. The second kappa shape index (κ2) is 9.09. The predicted octanol–water partition coefficient (Wildman–Crippen LogP) is 4.63. The zero-order chi connectivity index (χ0) is 23.7. The molecule has 5 rings (SSSR count). The van der Waals surface area contributed by atoms with Crippen LogP contribution < -0.4 is 9.47 Å². The standard InChI is InChI=1S/C27H25NO6/c1-2-32-20-10-7-17(8-11-20)24-23(26(30)27(31)28(24)16-21-6-4-13-33-21)25(29)19-9-12-22-18(15-19)5-3-14-34-22/h4,6-13,15,24,29H,2-3,5,14,16H2,1H3/b25-23-. The highest BCUT2D eigenvalue weighted by atomic mass is 16.5. The number of rotatable bonds is 6. The molecule has 34 heavy (non-hydrogen) atoms. The average Bonchev–Trinajstić information content (AvgIpc) is 3.46. The van der Waals surface area contributed by atoms with Crippen LogP contribution >= 0.6 is 0 Å². The van der Waals surface area contributed by atoms with Crippen molar-refractivity contribution in [3.63, 3.8) is 0 Å². The van der Waals surface area contributed by atoms with Crippen LogP contribution in [-0.4, -0.2) is 34.9 Å². The molecule has 7 nitrogen and oxygen atoms in total. The molecule has 1 atom stereocenters. The molecule has 0 aliphatic carbocycles. The summed E-state index contributed by atoms with van der Waals surface area (Å²) in [5, 5.41) is 11.3. The largest absolute Gasteiger partial charge is 0.507 e. The van der Waals surface area contributed by atoms with Crippen molar-refractivity contribution in [2.45, 2.75) is 32.4 Å². The molecule has 1 amide bonds. The summed E-state index contributed by atoms with van der Waals surface area (Å²) in [7, 11) is 0. The summed E-state index contributed by atoms with van der Waals surface area (Å²) in [4.78, 5) is 27.8. The van der Waals surface area contributed by atoms with E-state index in [4.69, 9.17) is 13.9 Å². The minimum absolute atomic E-state index is 0.0531. The zero-order valence-electron chi connectivity index (χ0n) is 18.8. The topological polar surface area (TPSA) is 89.2 Å². The molecule has 3 heterocycles. The van der Waals surface area contributed by atoms with Gasteiger partial charge in [-0.15, -0.1) is 0 Å². The molecule has 1 saturated heterocycles. The van der Waals surface area contributed by atoms with E-state index in [1.54, 1.807) is 36.4 Å². The van der Waals surface area contributed by atoms with Gasteiger partial charge in [0.2, 0.25) is 0 Å². The van der Waals surface area contributed by atoms with E-state index < -0.39 is 17.7 Å². The molecule has 0 bridgehead atoms. The van der Waals surface area contributed by atoms with Gasteiger partial charge in [0.15, 0.2) is 0 Å². The van der Waals surface area contributed by atoms with E-state index in [0.29, 0.717) is 35.9 Å². The third-order valence-corrected chi connectivity index (χ3v) is 6.14. The molecule has 2 aliphatic rings. The minimum Gasteiger partial charge on any atom is -0.507 e. The molecule has 0 saturated carbocycles. The maximum Gasteiger partial charge on any atom is 0.296 e. The van der Waals surface area contributed by atoms with Crippen molar-refractivity contribution in [1.29, 1.82) is 0 Å². The lowest BCUT2D eigenvalue weighted by molar-refractivity contribution is -0.140. The molecule has 1 unspecified atom stereocenters. The Morgan fingerprint density at radius 3 is 2.71 bits per heavy atom. The first kappa shape index (κ1) is 21.8. The Bertz CT molecular complexity index is 1240. The van der Waals surface area contributed by atoms with Crippen molar-refractivity contribution in [3.05, 3.63) is 88.9 Å². The van der Waals surface area contributed by atoms with Crippen molar-refractivity contribution < 1.29 is 28.6 Å². The summed E-state index contributed by atoms with van der Waals surface area (Å²) in [5.41, 5.74) is 2.20. The first-order valence-corrected chi connectivity index (χ1v) is 11.4. The first-order chi connectivity index (χ1) is 16.6. The summed E-state index contributed by atoms with van der Waals surface area (Å²) in [6.07, 6.45) is 3.23. The highest BCUT2D eigenvalue weighted by Gasteiger charge is 2.46. The van der Waals surface area contributed by atoms with Gasteiger partial charge in [0.05, 0.1) is 37.6 Å². The Balaban J connectivity index is 1.61. The van der Waals surface area contributed by atoms with Gasteiger partial charge in [-0.1, -0.05) is 12.1 Å². The van der Waals surface area contributed by atoms with Gasteiger partial charge in [0.25, 0.3) is 11.7 Å². The number of amides is 1. The van der Waals surface area contributed by atoms with Crippen LogP contribution in [0.2, 0.25) is 0 Å². The zero-order valence-corrected chi connectivity index (χ0v) is 18.8. The molecule has 1 N–H and O–H groups in total. The van der Waals surface area contributed by atoms with E-state index in [9.17, 15) is 14.7 Å². The van der Waals surface area contributed by atoms with E-state index in [1.165, 1.54) is 11.2 Å². The van der Waals surface area contributed by atoms with Gasteiger partial charge in [0, 0.05) is 5.56 Å². The van der Waals surface area contributed by atoms with Crippen LogP contribution in [-0.2, 0) is 22.6 Å². The van der Waals surface area contributed by atoms with E-state index in [-0.39, 0.29) is 17.9 Å². The minimum atomic E-state index is -0.770.